The molecule has 1 aliphatic heterocycles. The number of H-pyrrole nitrogens is 1. The van der Waals surface area contributed by atoms with Crippen molar-refractivity contribution in [1.82, 2.24) is 14.8 Å². The van der Waals surface area contributed by atoms with Crippen molar-refractivity contribution in [2.45, 2.75) is 37.9 Å². The van der Waals surface area contributed by atoms with Gasteiger partial charge in [0.05, 0.1) is 0 Å². The quantitative estimate of drug-likeness (QED) is 0.911. The van der Waals surface area contributed by atoms with Gasteiger partial charge in [0, 0.05) is 12.6 Å². The third-order valence-electron chi connectivity index (χ3n) is 4.24. The Morgan fingerprint density at radius 1 is 1.33 bits per heavy atom. The second-order valence-corrected chi connectivity index (χ2v) is 6.35. The number of halogens is 3. The van der Waals surface area contributed by atoms with Gasteiger partial charge in [0.1, 0.15) is 11.3 Å². The Balaban J connectivity index is 2.21. The molecule has 24 heavy (non-hydrogen) atoms. The lowest BCUT2D eigenvalue weighted by Crippen LogP contribution is -2.46. The number of rotatable bonds is 4. The van der Waals surface area contributed by atoms with Crippen LogP contribution >= 0.6 is 0 Å². The molecule has 1 aromatic heterocycles. The fraction of sp³-hybridized carbons (Fsp3) is 0.625. The zero-order chi connectivity index (χ0) is 17.9. The van der Waals surface area contributed by atoms with Crippen molar-refractivity contribution in [3.05, 3.63) is 33.7 Å². The molecule has 1 unspecified atom stereocenters. The molecule has 8 heteroatoms. The molecule has 1 fully saturated rings. The van der Waals surface area contributed by atoms with Crippen molar-refractivity contribution < 1.29 is 18.0 Å². The lowest BCUT2D eigenvalue weighted by Gasteiger charge is -2.36. The molecule has 2 heterocycles. The smallest absolute Gasteiger partial charge is 0.335 e. The fourth-order valence-corrected chi connectivity index (χ4v) is 2.94. The summed E-state index contributed by atoms with van der Waals surface area (Å²) in [6.45, 7) is 1.33. The number of nitrogens with one attached hydrogen (secondary N) is 1. The van der Waals surface area contributed by atoms with Crippen LogP contribution in [0.3, 0.4) is 0 Å². The topological polar surface area (TPSA) is 56.4 Å². The van der Waals surface area contributed by atoms with Crippen LogP contribution in [0.1, 0.15) is 41.7 Å². The summed E-state index contributed by atoms with van der Waals surface area (Å²) in [7, 11) is 3.88. The number of aromatic nitrogens is 1. The highest BCUT2D eigenvalue weighted by molar-refractivity contribution is 5.94. The van der Waals surface area contributed by atoms with Crippen LogP contribution < -0.4 is 5.56 Å². The summed E-state index contributed by atoms with van der Waals surface area (Å²) in [5.41, 5.74) is -2.38. The van der Waals surface area contributed by atoms with Gasteiger partial charge in [0.15, 0.2) is 0 Å². The van der Waals surface area contributed by atoms with Crippen LogP contribution in [0.25, 0.3) is 0 Å². The van der Waals surface area contributed by atoms with Gasteiger partial charge in [0.25, 0.3) is 11.5 Å². The number of carbonyl (C=O) groups excluding carboxylic acids is 1. The molecule has 5 nitrogen and oxygen atoms in total. The van der Waals surface area contributed by atoms with E-state index in [1.807, 2.05) is 19.0 Å². The molecule has 0 aromatic carbocycles. The number of amides is 1. The predicted octanol–water partition coefficient (Wildman–Crippen LogP) is 2.34. The van der Waals surface area contributed by atoms with E-state index in [4.69, 9.17) is 0 Å². The van der Waals surface area contributed by atoms with Crippen molar-refractivity contribution in [3.8, 4) is 0 Å². The maximum absolute atomic E-state index is 12.6. The van der Waals surface area contributed by atoms with Crippen molar-refractivity contribution in [1.29, 1.82) is 0 Å². The van der Waals surface area contributed by atoms with Gasteiger partial charge in [0.2, 0.25) is 0 Å². The molecular formula is C16H22F3N3O2. The van der Waals surface area contributed by atoms with E-state index in [9.17, 15) is 22.8 Å². The Kier molecular flexibility index (Phi) is 5.69. The van der Waals surface area contributed by atoms with Gasteiger partial charge in [-0.25, -0.2) is 0 Å². The van der Waals surface area contributed by atoms with Crippen molar-refractivity contribution >= 4 is 5.91 Å². The van der Waals surface area contributed by atoms with Crippen LogP contribution in [0.15, 0.2) is 16.9 Å². The number of alkyl halides is 3. The first-order valence-corrected chi connectivity index (χ1v) is 7.96. The molecule has 1 aliphatic rings. The Morgan fingerprint density at radius 3 is 2.62 bits per heavy atom. The molecule has 1 atom stereocenters. The summed E-state index contributed by atoms with van der Waals surface area (Å²) < 4.78 is 37.9. The van der Waals surface area contributed by atoms with E-state index in [1.165, 1.54) is 0 Å². The molecule has 0 saturated carbocycles. The average Bonchev–Trinajstić information content (AvgIpc) is 2.51. The Morgan fingerprint density at radius 2 is 2.04 bits per heavy atom. The summed E-state index contributed by atoms with van der Waals surface area (Å²) in [5, 5.41) is 0. The summed E-state index contributed by atoms with van der Waals surface area (Å²) in [6.07, 6.45) is -1.18. The second kappa shape index (κ2) is 7.38. The molecule has 134 valence electrons. The highest BCUT2D eigenvalue weighted by Gasteiger charge is 2.33. The number of aromatic amines is 1. The predicted molar refractivity (Wildman–Crippen MR) is 83.9 cm³/mol. The SMILES string of the molecule is CN(C)CCC1CCCCN1C(=O)c1ccc(C(F)(F)F)[nH]c1=O. The minimum Gasteiger partial charge on any atom is -0.335 e. The summed E-state index contributed by atoms with van der Waals surface area (Å²) >= 11 is 0. The van der Waals surface area contributed by atoms with Crippen LogP contribution in [0, 0.1) is 0 Å². The van der Waals surface area contributed by atoms with Crippen molar-refractivity contribution in [3.63, 3.8) is 0 Å². The number of hydrogen-bond donors (Lipinski definition) is 1. The number of pyridine rings is 1. The monoisotopic (exact) mass is 345 g/mol. The van der Waals surface area contributed by atoms with Gasteiger partial charge in [-0.1, -0.05) is 0 Å². The van der Waals surface area contributed by atoms with E-state index in [0.29, 0.717) is 6.54 Å². The largest absolute Gasteiger partial charge is 0.431 e. The van der Waals surface area contributed by atoms with E-state index in [1.54, 1.807) is 9.88 Å². The van der Waals surface area contributed by atoms with Gasteiger partial charge < -0.3 is 14.8 Å². The maximum atomic E-state index is 12.6. The lowest BCUT2D eigenvalue weighted by atomic mass is 9.98. The zero-order valence-electron chi connectivity index (χ0n) is 13.8. The Labute approximate surface area is 138 Å². The summed E-state index contributed by atoms with van der Waals surface area (Å²) in [5.74, 6) is -0.492. The second-order valence-electron chi connectivity index (χ2n) is 6.35. The van der Waals surface area contributed by atoms with Crippen molar-refractivity contribution in [2.24, 2.45) is 0 Å². The molecule has 2 rings (SSSR count). The fourth-order valence-electron chi connectivity index (χ4n) is 2.94. The Bertz CT molecular complexity index is 640. The summed E-state index contributed by atoms with van der Waals surface area (Å²) in [4.78, 5) is 30.0. The lowest BCUT2D eigenvalue weighted by molar-refractivity contribution is -0.141. The first-order chi connectivity index (χ1) is 11.2. The van der Waals surface area contributed by atoms with Gasteiger partial charge in [-0.3, -0.25) is 9.59 Å². The molecule has 0 radical (unpaired) electrons. The number of nitrogens with zero attached hydrogens (tertiary/aromatic N) is 2. The van der Waals surface area contributed by atoms with E-state index in [-0.39, 0.29) is 11.6 Å². The first kappa shape index (κ1) is 18.5. The van der Waals surface area contributed by atoms with E-state index in [0.717, 1.165) is 44.4 Å². The molecule has 1 aromatic rings. The highest BCUT2D eigenvalue weighted by atomic mass is 19.4. The molecular weight excluding hydrogens is 323 g/mol. The van der Waals surface area contributed by atoms with Crippen LogP contribution in [0.4, 0.5) is 13.2 Å². The average molecular weight is 345 g/mol. The van der Waals surface area contributed by atoms with E-state index < -0.39 is 23.3 Å². The number of piperidine rings is 1. The van der Waals surface area contributed by atoms with Gasteiger partial charge in [-0.05, 0) is 58.5 Å². The minimum atomic E-state index is -4.64. The standard InChI is InChI=1S/C16H22F3N3O2/c1-21(2)10-8-11-5-3-4-9-22(11)15(24)12-6-7-13(16(17,18)19)20-14(12)23/h6-7,11H,3-5,8-10H2,1-2H3,(H,20,23). The molecule has 0 bridgehead atoms. The highest BCUT2D eigenvalue weighted by Crippen LogP contribution is 2.27. The molecule has 1 N–H and O–H groups in total. The number of carbonyl (C=O) groups is 1. The summed E-state index contributed by atoms with van der Waals surface area (Å²) in [6, 6.07) is 1.73. The minimum absolute atomic E-state index is 0.00958. The molecule has 1 amide bonds. The molecule has 0 aliphatic carbocycles. The van der Waals surface area contributed by atoms with Crippen molar-refractivity contribution in [2.75, 3.05) is 27.2 Å². The third-order valence-corrected chi connectivity index (χ3v) is 4.24. The van der Waals surface area contributed by atoms with E-state index >= 15 is 0 Å². The molecule has 1 saturated heterocycles. The normalized spacial score (nSPS) is 18.9. The number of hydrogen-bond acceptors (Lipinski definition) is 3. The number of likely N-dealkylation sites (tertiary alicyclic amines) is 1. The van der Waals surface area contributed by atoms with Gasteiger partial charge in [-0.2, -0.15) is 13.2 Å². The Hall–Kier alpha value is -1.83. The van der Waals surface area contributed by atoms with Gasteiger partial charge >= 0.3 is 6.18 Å². The zero-order valence-corrected chi connectivity index (χ0v) is 13.8. The third kappa shape index (κ3) is 4.37. The van der Waals surface area contributed by atoms with E-state index in [2.05, 4.69) is 0 Å². The van der Waals surface area contributed by atoms with Crippen LogP contribution in [0.5, 0.6) is 0 Å². The van der Waals surface area contributed by atoms with Crippen LogP contribution in [0.2, 0.25) is 0 Å². The maximum Gasteiger partial charge on any atom is 0.431 e. The van der Waals surface area contributed by atoms with Gasteiger partial charge in [-0.15, -0.1) is 0 Å². The van der Waals surface area contributed by atoms with Crippen LogP contribution in [-0.4, -0.2) is 53.9 Å². The first-order valence-electron chi connectivity index (χ1n) is 7.96. The molecule has 0 spiro atoms. The van der Waals surface area contributed by atoms with Crippen LogP contribution in [-0.2, 0) is 6.18 Å².